The van der Waals surface area contributed by atoms with Gasteiger partial charge >= 0.3 is 5.97 Å². The lowest BCUT2D eigenvalue weighted by atomic mass is 10.2. The molecule has 15 heavy (non-hydrogen) atoms. The zero-order valence-corrected chi connectivity index (χ0v) is 10.2. The zero-order valence-electron chi connectivity index (χ0n) is 10.2. The van der Waals surface area contributed by atoms with E-state index in [-0.39, 0.29) is 11.8 Å². The molecule has 0 aromatic heterocycles. The second kappa shape index (κ2) is 6.56. The topological polar surface area (TPSA) is 43.4 Å². The molecule has 0 fully saturated rings. The maximum absolute atomic E-state index is 11.2. The third-order valence-electron chi connectivity index (χ3n) is 1.93. The van der Waals surface area contributed by atoms with Gasteiger partial charge in [-0.3, -0.25) is 4.79 Å². The molecule has 0 aromatic rings. The minimum Gasteiger partial charge on any atom is -0.460 e. The molecule has 0 unspecified atom stereocenters. The van der Waals surface area contributed by atoms with Crippen molar-refractivity contribution in [3.05, 3.63) is 0 Å². The number of carbonyl (C=O) groups is 2. The van der Waals surface area contributed by atoms with E-state index < -0.39 is 0 Å². The van der Waals surface area contributed by atoms with E-state index in [0.29, 0.717) is 25.9 Å². The minimum absolute atomic E-state index is 0.120. The first-order valence-electron chi connectivity index (χ1n) is 5.27. The molecule has 0 aliphatic carbocycles. The van der Waals surface area contributed by atoms with Gasteiger partial charge < -0.3 is 14.0 Å². The van der Waals surface area contributed by atoms with Crippen LogP contribution >= 0.6 is 0 Å². The van der Waals surface area contributed by atoms with E-state index in [2.05, 4.69) is 0 Å². The highest BCUT2D eigenvalue weighted by Gasteiger charge is 2.09. The van der Waals surface area contributed by atoms with Crippen molar-refractivity contribution in [2.75, 3.05) is 34.3 Å². The molecule has 0 N–H and O–H groups in total. The van der Waals surface area contributed by atoms with Crippen molar-refractivity contribution in [1.29, 1.82) is 0 Å². The quantitative estimate of drug-likeness (QED) is 0.471. The van der Waals surface area contributed by atoms with Gasteiger partial charge in [0.2, 0.25) is 0 Å². The van der Waals surface area contributed by atoms with Gasteiger partial charge in [-0.2, -0.15) is 0 Å². The number of carbonyl (C=O) groups excluding carboxylic acids is 2. The van der Waals surface area contributed by atoms with Crippen LogP contribution in [0.2, 0.25) is 0 Å². The number of rotatable bonds is 7. The molecule has 0 aliphatic rings. The van der Waals surface area contributed by atoms with Crippen LogP contribution in [-0.2, 0) is 14.3 Å². The first kappa shape index (κ1) is 14.1. The standard InChI is InChI=1S/C11H22NO3/c1-10(13)6-5-7-11(14)15-9-8-12(2,3)4/h5-9H2,1-4H3/q+1. The van der Waals surface area contributed by atoms with Gasteiger partial charge in [0.05, 0.1) is 21.1 Å². The average Bonchev–Trinajstić information content (AvgIpc) is 2.00. The summed E-state index contributed by atoms with van der Waals surface area (Å²) in [6, 6.07) is 0. The van der Waals surface area contributed by atoms with Gasteiger partial charge in [-0.05, 0) is 13.3 Å². The van der Waals surface area contributed by atoms with E-state index in [0.717, 1.165) is 11.0 Å². The number of quaternary nitrogens is 1. The number of hydrogen-bond acceptors (Lipinski definition) is 3. The molecular formula is C11H22NO3+. The Morgan fingerprint density at radius 1 is 1.13 bits per heavy atom. The summed E-state index contributed by atoms with van der Waals surface area (Å²) in [6.07, 6.45) is 1.40. The lowest BCUT2D eigenvalue weighted by molar-refractivity contribution is -0.870. The van der Waals surface area contributed by atoms with Crippen molar-refractivity contribution < 1.29 is 18.8 Å². The Hall–Kier alpha value is -0.900. The SMILES string of the molecule is CC(=O)CCCC(=O)OCC[N+](C)(C)C. The predicted molar refractivity (Wildman–Crippen MR) is 58.4 cm³/mol. The summed E-state index contributed by atoms with van der Waals surface area (Å²) in [7, 11) is 6.14. The molecule has 0 aliphatic heterocycles. The number of esters is 1. The van der Waals surface area contributed by atoms with Gasteiger partial charge in [-0.1, -0.05) is 0 Å². The van der Waals surface area contributed by atoms with Crippen LogP contribution < -0.4 is 0 Å². The van der Waals surface area contributed by atoms with Crippen molar-refractivity contribution in [3.8, 4) is 0 Å². The predicted octanol–water partition coefficient (Wildman–Crippen LogP) is 0.995. The van der Waals surface area contributed by atoms with Crippen molar-refractivity contribution in [2.24, 2.45) is 0 Å². The fraction of sp³-hybridized carbons (Fsp3) is 0.818. The van der Waals surface area contributed by atoms with Crippen LogP contribution in [0.3, 0.4) is 0 Å². The highest BCUT2D eigenvalue weighted by atomic mass is 16.5. The molecule has 0 saturated carbocycles. The molecule has 0 aromatic carbocycles. The monoisotopic (exact) mass is 216 g/mol. The second-order valence-corrected chi connectivity index (χ2v) is 4.79. The molecule has 0 atom stereocenters. The van der Waals surface area contributed by atoms with Gasteiger partial charge in [0.1, 0.15) is 18.9 Å². The van der Waals surface area contributed by atoms with Crippen LogP contribution in [0.25, 0.3) is 0 Å². The zero-order chi connectivity index (χ0) is 11.9. The Bertz CT molecular complexity index is 218. The highest BCUT2D eigenvalue weighted by molar-refractivity contribution is 5.76. The number of likely N-dealkylation sites (N-methyl/N-ethyl adjacent to an activating group) is 1. The Morgan fingerprint density at radius 2 is 1.73 bits per heavy atom. The maximum atomic E-state index is 11.2. The molecular weight excluding hydrogens is 194 g/mol. The van der Waals surface area contributed by atoms with E-state index in [4.69, 9.17) is 4.74 Å². The number of ketones is 1. The van der Waals surface area contributed by atoms with Crippen LogP contribution in [0, 0.1) is 0 Å². The number of nitrogens with zero attached hydrogens (tertiary/aromatic N) is 1. The third-order valence-corrected chi connectivity index (χ3v) is 1.93. The van der Waals surface area contributed by atoms with Gasteiger partial charge in [0.25, 0.3) is 0 Å². The van der Waals surface area contributed by atoms with Gasteiger partial charge in [0, 0.05) is 12.8 Å². The van der Waals surface area contributed by atoms with Crippen LogP contribution in [0.4, 0.5) is 0 Å². The number of Topliss-reactive ketones (excluding diaryl/α,β-unsaturated/α-hetero) is 1. The van der Waals surface area contributed by atoms with Crippen LogP contribution in [0.5, 0.6) is 0 Å². The van der Waals surface area contributed by atoms with E-state index in [9.17, 15) is 9.59 Å². The molecule has 4 nitrogen and oxygen atoms in total. The molecule has 0 heterocycles. The second-order valence-electron chi connectivity index (χ2n) is 4.79. The summed E-state index contributed by atoms with van der Waals surface area (Å²) in [4.78, 5) is 21.8. The Balaban J connectivity index is 3.46. The molecule has 0 amide bonds. The summed E-state index contributed by atoms with van der Waals surface area (Å²) >= 11 is 0. The largest absolute Gasteiger partial charge is 0.460 e. The lowest BCUT2D eigenvalue weighted by Crippen LogP contribution is -2.38. The van der Waals surface area contributed by atoms with Crippen molar-refractivity contribution in [2.45, 2.75) is 26.2 Å². The van der Waals surface area contributed by atoms with Crippen molar-refractivity contribution in [1.82, 2.24) is 0 Å². The van der Waals surface area contributed by atoms with Crippen molar-refractivity contribution in [3.63, 3.8) is 0 Å². The third kappa shape index (κ3) is 11.0. The first-order valence-corrected chi connectivity index (χ1v) is 5.27. The summed E-state index contributed by atoms with van der Waals surface area (Å²) < 4.78 is 5.81. The molecule has 0 radical (unpaired) electrons. The fourth-order valence-corrected chi connectivity index (χ4v) is 0.987. The van der Waals surface area contributed by atoms with E-state index in [1.165, 1.54) is 6.92 Å². The Morgan fingerprint density at radius 3 is 2.20 bits per heavy atom. The summed E-state index contributed by atoms with van der Waals surface area (Å²) in [5.41, 5.74) is 0. The Kier molecular flexibility index (Phi) is 6.17. The van der Waals surface area contributed by atoms with E-state index >= 15 is 0 Å². The first-order chi connectivity index (χ1) is 6.81. The summed E-state index contributed by atoms with van der Waals surface area (Å²) in [5, 5.41) is 0. The molecule has 0 rings (SSSR count). The van der Waals surface area contributed by atoms with Crippen molar-refractivity contribution >= 4 is 11.8 Å². The van der Waals surface area contributed by atoms with E-state index in [1.54, 1.807) is 0 Å². The molecule has 0 saturated heterocycles. The maximum Gasteiger partial charge on any atom is 0.306 e. The smallest absolute Gasteiger partial charge is 0.306 e. The van der Waals surface area contributed by atoms with Crippen LogP contribution in [-0.4, -0.2) is 50.5 Å². The molecule has 4 heteroatoms. The van der Waals surface area contributed by atoms with E-state index in [1.807, 2.05) is 21.1 Å². The van der Waals surface area contributed by atoms with Gasteiger partial charge in [-0.15, -0.1) is 0 Å². The minimum atomic E-state index is -0.204. The lowest BCUT2D eigenvalue weighted by Gasteiger charge is -2.23. The highest BCUT2D eigenvalue weighted by Crippen LogP contribution is 1.99. The average molecular weight is 216 g/mol. The molecule has 0 bridgehead atoms. The fourth-order valence-electron chi connectivity index (χ4n) is 0.987. The van der Waals surface area contributed by atoms with Gasteiger partial charge in [0.15, 0.2) is 0 Å². The van der Waals surface area contributed by atoms with Gasteiger partial charge in [-0.25, -0.2) is 0 Å². The van der Waals surface area contributed by atoms with Crippen LogP contribution in [0.1, 0.15) is 26.2 Å². The number of ether oxygens (including phenoxy) is 1. The number of hydrogen-bond donors (Lipinski definition) is 0. The molecule has 88 valence electrons. The van der Waals surface area contributed by atoms with Crippen LogP contribution in [0.15, 0.2) is 0 Å². The normalized spacial score (nSPS) is 11.2. The summed E-state index contributed by atoms with van der Waals surface area (Å²) in [5.74, 6) is -0.0844. The summed E-state index contributed by atoms with van der Waals surface area (Å²) in [6.45, 7) is 2.78. The Labute approximate surface area is 91.8 Å². The molecule has 0 spiro atoms.